The number of nitriles is 1. The third-order valence-electron chi connectivity index (χ3n) is 14.7. The van der Waals surface area contributed by atoms with Crippen LogP contribution in [0.1, 0.15) is 112 Å². The second-order valence-electron chi connectivity index (χ2n) is 20.8. The first-order valence-corrected chi connectivity index (χ1v) is 25.6. The van der Waals surface area contributed by atoms with Gasteiger partial charge in [-0.2, -0.15) is 5.26 Å². The number of thiazole rings is 1. The van der Waals surface area contributed by atoms with Crippen LogP contribution in [0.4, 0.5) is 5.82 Å². The van der Waals surface area contributed by atoms with Gasteiger partial charge in [0, 0.05) is 73.7 Å². The first-order chi connectivity index (χ1) is 33.3. The number of halogens is 1. The predicted octanol–water partition coefficient (Wildman–Crippen LogP) is 8.58. The molecule has 0 unspecified atom stereocenters. The maximum absolute atomic E-state index is 14.3. The van der Waals surface area contributed by atoms with Crippen LogP contribution in [0.15, 0.2) is 82.8 Å². The van der Waals surface area contributed by atoms with E-state index in [1.165, 1.54) is 10.5 Å². The number of carbonyl (C=O) groups excluding carboxylic acids is 3. The Morgan fingerprint density at radius 1 is 0.986 bits per heavy atom. The van der Waals surface area contributed by atoms with Crippen molar-refractivity contribution < 1.29 is 28.8 Å². The first kappa shape index (κ1) is 50.6. The lowest BCUT2D eigenvalue weighted by molar-refractivity contribution is -0.164. The van der Waals surface area contributed by atoms with Gasteiger partial charge in [0.25, 0.3) is 5.91 Å². The zero-order chi connectivity index (χ0) is 50.1. The summed E-state index contributed by atoms with van der Waals surface area (Å²) in [5, 5.41) is 31.1. The number of hydrogen-bond acceptors (Lipinski definition) is 12. The Hall–Kier alpha value is -5.79. The molecule has 8 rings (SSSR count). The maximum atomic E-state index is 14.3. The SMILES string of the molecule is Cc1ncsc1-c1ccc([C@H](C)NC(=O)[C@@H]2C[C@@H](O)CN2C(=O)[C@H](c2cc(N3CCN(CCCc4ccc(C(=O)N[C@H]5C(C)(C)[C@H](Oc6ccc(C#N)c(Cl)c6)C5(C)C)cc4)CC3)no2)C(C)C)cc1. The van der Waals surface area contributed by atoms with Crippen molar-refractivity contribution in [1.82, 2.24) is 30.6 Å². The summed E-state index contributed by atoms with van der Waals surface area (Å²) in [7, 11) is 0. The summed E-state index contributed by atoms with van der Waals surface area (Å²) in [5.74, 6) is 0.226. The zero-order valence-electron chi connectivity index (χ0n) is 41.4. The molecular weight excluding hydrogens is 924 g/mol. The maximum Gasteiger partial charge on any atom is 0.251 e. The van der Waals surface area contributed by atoms with Gasteiger partial charge in [0.05, 0.1) is 38.8 Å². The van der Waals surface area contributed by atoms with Gasteiger partial charge in [-0.1, -0.05) is 94.7 Å². The molecule has 3 N–H and O–H groups in total. The number of rotatable bonds is 16. The summed E-state index contributed by atoms with van der Waals surface area (Å²) < 4.78 is 12.3. The van der Waals surface area contributed by atoms with Crippen molar-refractivity contribution in [2.45, 2.75) is 111 Å². The number of ether oxygens (including phenoxy) is 1. The average molecular weight is 990 g/mol. The van der Waals surface area contributed by atoms with Crippen LogP contribution in [0.2, 0.25) is 5.02 Å². The lowest BCUT2D eigenvalue weighted by atomic mass is 9.49. The third kappa shape index (κ3) is 10.6. The number of likely N-dealkylation sites (tertiary alicyclic amines) is 1. The molecule has 16 heteroatoms. The standard InChI is InChI=1S/C54H65ClN8O6S/c1-32(2)46(50(67)63-30-40(64)26-43(63)49(66)58-33(3)36-15-17-37(18-16-36)47-34(4)57-31-70-47)44-28-45(60-69-44)62-24-22-61(23-25-62)21-9-10-35-11-13-38(14-12-35)48(65)59-51-53(5,6)52(54(51,7)8)68-41-20-19-39(29-56)42(55)27-41/h11-20,27-28,31-33,40,43,46,51-52,64H,9-10,21-26,30H2,1-8H3,(H,58,66)(H,59,65)/t33-,40+,43-,46-,51-,52-/m0/s1. The van der Waals surface area contributed by atoms with Crippen molar-refractivity contribution in [1.29, 1.82) is 5.26 Å². The number of benzene rings is 3. The van der Waals surface area contributed by atoms with Crippen molar-refractivity contribution in [3.05, 3.63) is 117 Å². The van der Waals surface area contributed by atoms with Crippen molar-refractivity contribution in [2.24, 2.45) is 16.7 Å². The van der Waals surface area contributed by atoms with E-state index in [-0.39, 0.29) is 65.6 Å². The van der Waals surface area contributed by atoms with Crippen LogP contribution in [-0.2, 0) is 16.0 Å². The minimum absolute atomic E-state index is 0.0682. The van der Waals surface area contributed by atoms with Crippen LogP contribution in [-0.4, -0.2) is 106 Å². The second-order valence-corrected chi connectivity index (χ2v) is 22.0. The molecule has 2 saturated heterocycles. The highest BCUT2D eigenvalue weighted by molar-refractivity contribution is 7.13. The molecule has 1 aliphatic carbocycles. The highest BCUT2D eigenvalue weighted by atomic mass is 35.5. The van der Waals surface area contributed by atoms with E-state index in [0.717, 1.165) is 67.3 Å². The van der Waals surface area contributed by atoms with Crippen LogP contribution in [0, 0.1) is 35.0 Å². The van der Waals surface area contributed by atoms with Gasteiger partial charge in [0.1, 0.15) is 29.9 Å². The van der Waals surface area contributed by atoms with Gasteiger partial charge >= 0.3 is 0 Å². The number of aromatic nitrogens is 2. The molecule has 3 aliphatic rings. The molecule has 0 radical (unpaired) electrons. The lowest BCUT2D eigenvalue weighted by Gasteiger charge is -2.63. The summed E-state index contributed by atoms with van der Waals surface area (Å²) >= 11 is 7.86. The highest BCUT2D eigenvalue weighted by Crippen LogP contribution is 2.55. The van der Waals surface area contributed by atoms with Crippen LogP contribution >= 0.6 is 22.9 Å². The first-order valence-electron chi connectivity index (χ1n) is 24.3. The number of aryl methyl sites for hydroxylation is 2. The van der Waals surface area contributed by atoms with Crippen LogP contribution in [0.3, 0.4) is 0 Å². The molecular formula is C54H65ClN8O6S. The number of nitrogens with one attached hydrogen (secondary N) is 2. The Labute approximate surface area is 420 Å². The number of amides is 3. The molecule has 14 nitrogen and oxygen atoms in total. The molecule has 0 bridgehead atoms. The molecule has 5 aromatic rings. The molecule has 4 atom stereocenters. The topological polar surface area (TPSA) is 177 Å². The molecule has 3 amide bonds. The number of aliphatic hydroxyl groups is 1. The average Bonchev–Trinajstić information content (AvgIpc) is 4.10. The minimum atomic E-state index is -0.815. The Morgan fingerprint density at radius 2 is 1.69 bits per heavy atom. The molecule has 70 heavy (non-hydrogen) atoms. The van der Waals surface area contributed by atoms with E-state index in [1.54, 1.807) is 29.5 Å². The number of carbonyl (C=O) groups is 3. The van der Waals surface area contributed by atoms with Crippen molar-refractivity contribution >= 4 is 46.5 Å². The number of anilines is 1. The third-order valence-corrected chi connectivity index (χ3v) is 16.0. The monoisotopic (exact) mass is 988 g/mol. The van der Waals surface area contributed by atoms with Gasteiger partial charge in [-0.05, 0) is 80.1 Å². The van der Waals surface area contributed by atoms with Crippen LogP contribution in [0.5, 0.6) is 5.75 Å². The number of aliphatic hydroxyl groups excluding tert-OH is 1. The van der Waals surface area contributed by atoms with Gasteiger partial charge in [-0.25, -0.2) is 4.98 Å². The Morgan fingerprint density at radius 3 is 2.31 bits per heavy atom. The van der Waals surface area contributed by atoms with Crippen molar-refractivity contribution in [3.63, 3.8) is 0 Å². The zero-order valence-corrected chi connectivity index (χ0v) is 42.9. The second kappa shape index (κ2) is 20.9. The smallest absolute Gasteiger partial charge is 0.251 e. The van der Waals surface area contributed by atoms with Gasteiger partial charge in [0.15, 0.2) is 11.6 Å². The molecule has 1 saturated carbocycles. The molecule has 3 fully saturated rings. The Bertz CT molecular complexity index is 2690. The van der Waals surface area contributed by atoms with Gasteiger partial charge in [-0.3, -0.25) is 19.3 Å². The summed E-state index contributed by atoms with van der Waals surface area (Å²) in [4.78, 5) is 53.2. The Balaban J connectivity index is 0.788. The van der Waals surface area contributed by atoms with Gasteiger partial charge in [0.2, 0.25) is 11.8 Å². The normalized spacial score (nSPS) is 21.7. The van der Waals surface area contributed by atoms with Crippen LogP contribution < -0.4 is 20.3 Å². The van der Waals surface area contributed by atoms with Crippen molar-refractivity contribution in [3.8, 4) is 22.3 Å². The fourth-order valence-electron chi connectivity index (χ4n) is 11.0. The summed E-state index contributed by atoms with van der Waals surface area (Å²) in [6.45, 7) is 20.4. The quantitative estimate of drug-likeness (QED) is 0.0863. The Kier molecular flexibility index (Phi) is 15.1. The molecule has 2 aromatic heterocycles. The van der Waals surface area contributed by atoms with Gasteiger partial charge < -0.3 is 34.8 Å². The van der Waals surface area contributed by atoms with Crippen LogP contribution in [0.25, 0.3) is 10.4 Å². The van der Waals surface area contributed by atoms with E-state index in [2.05, 4.69) is 64.3 Å². The number of hydrogen-bond donors (Lipinski definition) is 3. The lowest BCUT2D eigenvalue weighted by Crippen LogP contribution is -2.74. The van der Waals surface area contributed by atoms with E-state index in [9.17, 15) is 24.8 Å². The largest absolute Gasteiger partial charge is 0.489 e. The van der Waals surface area contributed by atoms with E-state index in [0.29, 0.717) is 33.5 Å². The number of nitrogens with zero attached hydrogens (tertiary/aromatic N) is 6. The molecule has 2 aliphatic heterocycles. The fourth-order valence-corrected chi connectivity index (χ4v) is 12.1. The molecule has 0 spiro atoms. The highest BCUT2D eigenvalue weighted by Gasteiger charge is 2.64. The predicted molar refractivity (Wildman–Crippen MR) is 272 cm³/mol. The molecule has 3 aromatic carbocycles. The van der Waals surface area contributed by atoms with E-state index in [1.807, 2.05) is 87.8 Å². The van der Waals surface area contributed by atoms with E-state index >= 15 is 0 Å². The van der Waals surface area contributed by atoms with Gasteiger partial charge in [-0.15, -0.1) is 11.3 Å². The molecule has 370 valence electrons. The summed E-state index contributed by atoms with van der Waals surface area (Å²) in [5.41, 5.74) is 6.29. The minimum Gasteiger partial charge on any atom is -0.489 e. The van der Waals surface area contributed by atoms with E-state index in [4.69, 9.17) is 20.9 Å². The molecule has 4 heterocycles. The number of piperazine rings is 1. The summed E-state index contributed by atoms with van der Waals surface area (Å²) in [6, 6.07) is 23.7. The summed E-state index contributed by atoms with van der Waals surface area (Å²) in [6.07, 6.45) is 1.02. The van der Waals surface area contributed by atoms with Crippen molar-refractivity contribution in [2.75, 3.05) is 44.2 Å². The number of β-amino-alcohol motifs (C(OH)–C–C–N with tert-alkyl or cyclic N) is 1. The fraction of sp³-hybridized carbons (Fsp3) is 0.481. The van der Waals surface area contributed by atoms with E-state index < -0.39 is 18.1 Å².